The molecule has 2 amide bonds. The molecule has 29 heavy (non-hydrogen) atoms. The number of amides is 2. The Balaban J connectivity index is 1.96. The summed E-state index contributed by atoms with van der Waals surface area (Å²) in [6.45, 7) is 4.61. The predicted molar refractivity (Wildman–Crippen MR) is 124 cm³/mol. The molecule has 0 bridgehead atoms. The summed E-state index contributed by atoms with van der Waals surface area (Å²) in [6.07, 6.45) is 1.14. The third-order valence-electron chi connectivity index (χ3n) is 4.40. The van der Waals surface area contributed by atoms with Crippen molar-refractivity contribution in [1.82, 2.24) is 10.2 Å². The number of carbonyl (C=O) groups excluding carboxylic acids is 2. The highest BCUT2D eigenvalue weighted by molar-refractivity contribution is 9.10. The van der Waals surface area contributed by atoms with Crippen LogP contribution in [0.2, 0.25) is 5.02 Å². The lowest BCUT2D eigenvalue weighted by molar-refractivity contribution is -0.140. The van der Waals surface area contributed by atoms with Crippen LogP contribution in [0.5, 0.6) is 0 Å². The van der Waals surface area contributed by atoms with Gasteiger partial charge in [0.1, 0.15) is 6.04 Å². The van der Waals surface area contributed by atoms with Gasteiger partial charge in [-0.25, -0.2) is 0 Å². The minimum Gasteiger partial charge on any atom is -0.355 e. The van der Waals surface area contributed by atoms with Crippen LogP contribution in [-0.2, 0) is 16.1 Å². The Hall–Kier alpha value is -1.50. The Morgan fingerprint density at radius 3 is 2.41 bits per heavy atom. The van der Waals surface area contributed by atoms with Crippen LogP contribution in [-0.4, -0.2) is 35.1 Å². The Kier molecular flexibility index (Phi) is 10.0. The summed E-state index contributed by atoms with van der Waals surface area (Å²) in [7, 11) is 0. The summed E-state index contributed by atoms with van der Waals surface area (Å²) in [4.78, 5) is 28.1. The molecule has 0 radical (unpaired) electrons. The number of rotatable bonds is 10. The van der Waals surface area contributed by atoms with Crippen molar-refractivity contribution in [1.29, 1.82) is 0 Å². The summed E-state index contributed by atoms with van der Waals surface area (Å²) in [5.74, 6) is 0.687. The van der Waals surface area contributed by atoms with Crippen LogP contribution in [0.25, 0.3) is 0 Å². The van der Waals surface area contributed by atoms with Gasteiger partial charge < -0.3 is 10.2 Å². The van der Waals surface area contributed by atoms with Crippen molar-refractivity contribution in [2.75, 3.05) is 12.3 Å². The van der Waals surface area contributed by atoms with Crippen molar-refractivity contribution in [3.63, 3.8) is 0 Å². The minimum atomic E-state index is -0.519. The van der Waals surface area contributed by atoms with Gasteiger partial charge in [-0.2, -0.15) is 0 Å². The van der Waals surface area contributed by atoms with Gasteiger partial charge in [0.15, 0.2) is 0 Å². The van der Waals surface area contributed by atoms with Gasteiger partial charge >= 0.3 is 0 Å². The number of benzene rings is 2. The molecule has 0 fully saturated rings. The number of halogens is 2. The normalized spacial score (nSPS) is 11.7. The molecule has 1 N–H and O–H groups in total. The lowest BCUT2D eigenvalue weighted by atomic mass is 10.1. The number of hydrogen-bond donors (Lipinski definition) is 1. The molecular formula is C22H26BrClN2O2S. The predicted octanol–water partition coefficient (Wildman–Crippen LogP) is 5.53. The van der Waals surface area contributed by atoms with Crippen LogP contribution < -0.4 is 5.32 Å². The summed E-state index contributed by atoms with van der Waals surface area (Å²) in [6, 6.07) is 15.0. The van der Waals surface area contributed by atoms with Gasteiger partial charge in [-0.05, 0) is 68.0 Å². The summed E-state index contributed by atoms with van der Waals surface area (Å²) >= 11 is 11.0. The lowest BCUT2D eigenvalue weighted by Crippen LogP contribution is -2.47. The van der Waals surface area contributed by atoms with Crippen LogP contribution in [0, 0.1) is 0 Å². The smallest absolute Gasteiger partial charge is 0.242 e. The van der Waals surface area contributed by atoms with E-state index in [-0.39, 0.29) is 11.8 Å². The van der Waals surface area contributed by atoms with Crippen LogP contribution >= 0.6 is 39.3 Å². The Bertz CT molecular complexity index is 799. The topological polar surface area (TPSA) is 49.4 Å². The molecule has 0 aromatic heterocycles. The summed E-state index contributed by atoms with van der Waals surface area (Å²) in [5.41, 5.74) is 0.994. The van der Waals surface area contributed by atoms with Crippen LogP contribution in [0.15, 0.2) is 57.9 Å². The molecule has 2 aromatic rings. The highest BCUT2D eigenvalue weighted by atomic mass is 79.9. The third-order valence-corrected chi connectivity index (χ3v) is 6.28. The Morgan fingerprint density at radius 2 is 1.79 bits per heavy atom. The average Bonchev–Trinajstić information content (AvgIpc) is 2.71. The first-order valence-corrected chi connectivity index (χ1v) is 11.8. The second kappa shape index (κ2) is 12.3. The Labute approximate surface area is 190 Å². The molecule has 156 valence electrons. The van der Waals surface area contributed by atoms with Crippen LogP contribution in [0.4, 0.5) is 0 Å². The van der Waals surface area contributed by atoms with Crippen LogP contribution in [0.1, 0.15) is 32.3 Å². The minimum absolute atomic E-state index is 0.0108. The van der Waals surface area contributed by atoms with Crippen molar-refractivity contribution in [2.45, 2.75) is 44.2 Å². The summed E-state index contributed by atoms with van der Waals surface area (Å²) < 4.78 is 0.982. The van der Waals surface area contributed by atoms with E-state index in [9.17, 15) is 9.59 Å². The monoisotopic (exact) mass is 496 g/mol. The first kappa shape index (κ1) is 23.8. The highest BCUT2D eigenvalue weighted by Gasteiger charge is 2.25. The fourth-order valence-electron chi connectivity index (χ4n) is 2.78. The standard InChI is InChI=1S/C22H26BrClN2O2S/c1-3-25-22(28)16(2)26(15-17-6-8-18(23)9-7-17)21(27)5-4-14-29-20-12-10-19(24)11-13-20/h6-13,16H,3-5,14-15H2,1-2H3,(H,25,28)/t16-/m0/s1. The van der Waals surface area contributed by atoms with E-state index in [1.807, 2.05) is 55.5 Å². The van der Waals surface area contributed by atoms with Gasteiger partial charge in [0.25, 0.3) is 0 Å². The van der Waals surface area contributed by atoms with Gasteiger partial charge in [0, 0.05) is 33.9 Å². The fraction of sp³-hybridized carbons (Fsp3) is 0.364. The third kappa shape index (κ3) is 8.03. The van der Waals surface area contributed by atoms with Crippen molar-refractivity contribution < 1.29 is 9.59 Å². The SMILES string of the molecule is CCNC(=O)[C@H](C)N(Cc1ccc(Br)cc1)C(=O)CCCSc1ccc(Cl)cc1. The molecule has 0 aliphatic heterocycles. The zero-order valence-electron chi connectivity index (χ0n) is 16.7. The van der Waals surface area contributed by atoms with E-state index >= 15 is 0 Å². The zero-order chi connectivity index (χ0) is 21.2. The fourth-order valence-corrected chi connectivity index (χ4v) is 4.02. The maximum atomic E-state index is 12.9. The van der Waals surface area contributed by atoms with E-state index in [2.05, 4.69) is 21.2 Å². The van der Waals surface area contributed by atoms with Gasteiger partial charge in [-0.15, -0.1) is 11.8 Å². The van der Waals surface area contributed by atoms with E-state index < -0.39 is 6.04 Å². The molecule has 0 heterocycles. The number of thioether (sulfide) groups is 1. The average molecular weight is 498 g/mol. The molecule has 0 aliphatic carbocycles. The number of likely N-dealkylation sites (N-methyl/N-ethyl adjacent to an activating group) is 1. The number of nitrogens with zero attached hydrogens (tertiary/aromatic N) is 1. The second-order valence-electron chi connectivity index (χ2n) is 6.62. The first-order chi connectivity index (χ1) is 13.9. The van der Waals surface area contributed by atoms with Gasteiger partial charge in [0.05, 0.1) is 0 Å². The summed E-state index contributed by atoms with van der Waals surface area (Å²) in [5, 5.41) is 3.53. The van der Waals surface area contributed by atoms with E-state index in [1.165, 1.54) is 0 Å². The number of nitrogens with one attached hydrogen (secondary N) is 1. The molecule has 1 atom stereocenters. The van der Waals surface area contributed by atoms with Gasteiger partial charge in [-0.1, -0.05) is 39.7 Å². The number of carbonyl (C=O) groups is 2. The first-order valence-electron chi connectivity index (χ1n) is 9.60. The maximum absolute atomic E-state index is 12.9. The zero-order valence-corrected chi connectivity index (χ0v) is 19.8. The van der Waals surface area contributed by atoms with E-state index in [0.717, 1.165) is 27.1 Å². The van der Waals surface area contributed by atoms with Crippen molar-refractivity contribution in [3.8, 4) is 0 Å². The van der Waals surface area contributed by atoms with Gasteiger partial charge in [-0.3, -0.25) is 9.59 Å². The van der Waals surface area contributed by atoms with E-state index in [4.69, 9.17) is 11.6 Å². The second-order valence-corrected chi connectivity index (χ2v) is 9.15. The Morgan fingerprint density at radius 1 is 1.14 bits per heavy atom. The molecular weight excluding hydrogens is 472 g/mol. The molecule has 0 spiro atoms. The van der Waals surface area contributed by atoms with Crippen molar-refractivity contribution in [3.05, 3.63) is 63.6 Å². The molecule has 2 aromatic carbocycles. The lowest BCUT2D eigenvalue weighted by Gasteiger charge is -2.28. The molecule has 4 nitrogen and oxygen atoms in total. The van der Waals surface area contributed by atoms with Crippen LogP contribution in [0.3, 0.4) is 0 Å². The van der Waals surface area contributed by atoms with Crippen molar-refractivity contribution >= 4 is 51.1 Å². The molecule has 2 rings (SSSR count). The molecule has 0 aliphatic rings. The van der Waals surface area contributed by atoms with Gasteiger partial charge in [0.2, 0.25) is 11.8 Å². The molecule has 7 heteroatoms. The maximum Gasteiger partial charge on any atom is 0.242 e. The largest absolute Gasteiger partial charge is 0.355 e. The molecule has 0 saturated heterocycles. The quantitative estimate of drug-likeness (QED) is 0.347. The molecule has 0 unspecified atom stereocenters. The number of hydrogen-bond acceptors (Lipinski definition) is 3. The molecule has 0 saturated carbocycles. The highest BCUT2D eigenvalue weighted by Crippen LogP contribution is 2.22. The van der Waals surface area contributed by atoms with E-state index in [1.54, 1.807) is 23.6 Å². The van der Waals surface area contributed by atoms with E-state index in [0.29, 0.717) is 24.5 Å². The van der Waals surface area contributed by atoms with Crippen molar-refractivity contribution in [2.24, 2.45) is 0 Å².